The van der Waals surface area contributed by atoms with Crippen molar-refractivity contribution in [3.8, 4) is 0 Å². The summed E-state index contributed by atoms with van der Waals surface area (Å²) in [5, 5.41) is 0.361. The van der Waals surface area contributed by atoms with Crippen molar-refractivity contribution >= 4 is 40.1 Å². The maximum Gasteiger partial charge on any atom is 0.251 e. The molecular formula is C6H4ClIN2O. The molecule has 0 radical (unpaired) electrons. The van der Waals surface area contributed by atoms with Gasteiger partial charge in [-0.3, -0.25) is 4.79 Å². The van der Waals surface area contributed by atoms with Gasteiger partial charge in [0, 0.05) is 9.77 Å². The van der Waals surface area contributed by atoms with E-state index in [1.54, 1.807) is 6.07 Å². The number of hydrogen-bond donors (Lipinski definition) is 1. The van der Waals surface area contributed by atoms with Gasteiger partial charge in [-0.2, -0.15) is 0 Å². The minimum absolute atomic E-state index is 0.361. The van der Waals surface area contributed by atoms with Crippen molar-refractivity contribution in [1.29, 1.82) is 0 Å². The van der Waals surface area contributed by atoms with Crippen LogP contribution in [0.1, 0.15) is 10.4 Å². The smallest absolute Gasteiger partial charge is 0.251 e. The summed E-state index contributed by atoms with van der Waals surface area (Å²) in [6.45, 7) is 0. The molecule has 0 aliphatic rings. The third-order valence-corrected chi connectivity index (χ3v) is 2.18. The van der Waals surface area contributed by atoms with Gasteiger partial charge < -0.3 is 5.73 Å². The van der Waals surface area contributed by atoms with Crippen LogP contribution in [0.4, 0.5) is 0 Å². The lowest BCUT2D eigenvalue weighted by molar-refractivity contribution is 0.0999. The first-order valence-electron chi connectivity index (χ1n) is 2.72. The van der Waals surface area contributed by atoms with Crippen LogP contribution in [0.5, 0.6) is 0 Å². The molecule has 1 heterocycles. The van der Waals surface area contributed by atoms with Gasteiger partial charge in [0.1, 0.15) is 5.15 Å². The highest BCUT2D eigenvalue weighted by Crippen LogP contribution is 2.14. The van der Waals surface area contributed by atoms with E-state index in [9.17, 15) is 4.79 Å². The van der Waals surface area contributed by atoms with E-state index in [1.165, 1.54) is 6.20 Å². The van der Waals surface area contributed by atoms with Crippen molar-refractivity contribution in [2.45, 2.75) is 0 Å². The van der Waals surface area contributed by atoms with E-state index in [0.29, 0.717) is 10.7 Å². The number of nitrogens with two attached hydrogens (primary N) is 1. The molecule has 0 fully saturated rings. The van der Waals surface area contributed by atoms with Gasteiger partial charge in [0.2, 0.25) is 0 Å². The Hall–Kier alpha value is -0.360. The normalized spacial score (nSPS) is 9.64. The second-order valence-corrected chi connectivity index (χ2v) is 3.40. The zero-order valence-corrected chi connectivity index (χ0v) is 8.26. The monoisotopic (exact) mass is 282 g/mol. The minimum atomic E-state index is -0.487. The van der Waals surface area contributed by atoms with Crippen molar-refractivity contribution in [1.82, 2.24) is 4.98 Å². The average molecular weight is 282 g/mol. The largest absolute Gasteiger partial charge is 0.366 e. The summed E-state index contributed by atoms with van der Waals surface area (Å²) in [7, 11) is 0. The maximum atomic E-state index is 10.7. The molecule has 0 spiro atoms. The molecule has 11 heavy (non-hydrogen) atoms. The van der Waals surface area contributed by atoms with Crippen molar-refractivity contribution < 1.29 is 4.79 Å². The maximum absolute atomic E-state index is 10.7. The van der Waals surface area contributed by atoms with Crippen LogP contribution in [0.25, 0.3) is 0 Å². The lowest BCUT2D eigenvalue weighted by atomic mass is 10.3. The number of primary amides is 1. The number of nitrogens with zero attached hydrogens (tertiary/aromatic N) is 1. The summed E-state index contributed by atoms with van der Waals surface area (Å²) < 4.78 is 0.718. The molecule has 0 bridgehead atoms. The summed E-state index contributed by atoms with van der Waals surface area (Å²) in [5.41, 5.74) is 5.44. The van der Waals surface area contributed by atoms with E-state index in [-0.39, 0.29) is 0 Å². The molecule has 1 aromatic rings. The summed E-state index contributed by atoms with van der Waals surface area (Å²) >= 11 is 7.53. The standard InChI is InChI=1S/C6H4ClIN2O/c7-5-1-4(8)3(2-10-5)6(9)11/h1-2H,(H2,9,11). The van der Waals surface area contributed by atoms with E-state index in [2.05, 4.69) is 4.98 Å². The van der Waals surface area contributed by atoms with Crippen LogP contribution in [-0.2, 0) is 0 Å². The highest BCUT2D eigenvalue weighted by atomic mass is 127. The van der Waals surface area contributed by atoms with Gasteiger partial charge in [0.25, 0.3) is 5.91 Å². The number of aromatic nitrogens is 1. The Bertz CT molecular complexity index is 303. The van der Waals surface area contributed by atoms with Crippen LogP contribution in [0.2, 0.25) is 5.15 Å². The first-order valence-corrected chi connectivity index (χ1v) is 4.18. The number of amides is 1. The van der Waals surface area contributed by atoms with E-state index in [4.69, 9.17) is 17.3 Å². The Labute approximate surface area is 82.1 Å². The molecule has 1 aromatic heterocycles. The van der Waals surface area contributed by atoms with Gasteiger partial charge in [-0.05, 0) is 28.7 Å². The number of carbonyl (C=O) groups excluding carboxylic acids is 1. The summed E-state index contributed by atoms with van der Waals surface area (Å²) in [4.78, 5) is 14.4. The fourth-order valence-corrected chi connectivity index (χ4v) is 1.63. The zero-order chi connectivity index (χ0) is 8.43. The molecule has 5 heteroatoms. The average Bonchev–Trinajstić information content (AvgIpc) is 1.85. The van der Waals surface area contributed by atoms with Gasteiger partial charge in [0.05, 0.1) is 5.56 Å². The molecule has 0 aromatic carbocycles. The number of pyridine rings is 1. The van der Waals surface area contributed by atoms with Crippen molar-refractivity contribution in [3.05, 3.63) is 26.5 Å². The molecule has 0 aliphatic heterocycles. The van der Waals surface area contributed by atoms with Crippen LogP contribution in [0.3, 0.4) is 0 Å². The van der Waals surface area contributed by atoms with E-state index in [1.807, 2.05) is 22.6 Å². The summed E-state index contributed by atoms with van der Waals surface area (Å²) in [5.74, 6) is -0.487. The number of hydrogen-bond acceptors (Lipinski definition) is 2. The van der Waals surface area contributed by atoms with Crippen LogP contribution in [0.15, 0.2) is 12.3 Å². The molecule has 0 atom stereocenters. The van der Waals surface area contributed by atoms with E-state index < -0.39 is 5.91 Å². The SMILES string of the molecule is NC(=O)c1cnc(Cl)cc1I. The van der Waals surface area contributed by atoms with Crippen molar-refractivity contribution in [3.63, 3.8) is 0 Å². The molecule has 0 unspecified atom stereocenters. The van der Waals surface area contributed by atoms with Crippen LogP contribution in [-0.4, -0.2) is 10.9 Å². The van der Waals surface area contributed by atoms with Crippen LogP contribution < -0.4 is 5.73 Å². The Balaban J connectivity index is 3.20. The topological polar surface area (TPSA) is 56.0 Å². The third-order valence-electron chi connectivity index (χ3n) is 1.09. The Morgan fingerprint density at radius 3 is 2.82 bits per heavy atom. The highest BCUT2D eigenvalue weighted by molar-refractivity contribution is 14.1. The molecule has 0 aliphatic carbocycles. The second-order valence-electron chi connectivity index (χ2n) is 1.85. The highest BCUT2D eigenvalue weighted by Gasteiger charge is 2.05. The van der Waals surface area contributed by atoms with Gasteiger partial charge in [-0.15, -0.1) is 0 Å². The Morgan fingerprint density at radius 1 is 1.73 bits per heavy atom. The van der Waals surface area contributed by atoms with Crippen molar-refractivity contribution in [2.75, 3.05) is 0 Å². The fraction of sp³-hybridized carbons (Fsp3) is 0. The summed E-state index contributed by atoms with van der Waals surface area (Å²) in [6, 6.07) is 1.59. The predicted octanol–water partition coefficient (Wildman–Crippen LogP) is 1.44. The van der Waals surface area contributed by atoms with Gasteiger partial charge in [-0.1, -0.05) is 11.6 Å². The second kappa shape index (κ2) is 3.36. The Kier molecular flexibility index (Phi) is 2.67. The van der Waals surface area contributed by atoms with E-state index >= 15 is 0 Å². The predicted molar refractivity (Wildman–Crippen MR) is 50.5 cm³/mol. The van der Waals surface area contributed by atoms with E-state index in [0.717, 1.165) is 3.57 Å². The fourth-order valence-electron chi connectivity index (χ4n) is 0.589. The lowest BCUT2D eigenvalue weighted by Gasteiger charge is -1.97. The van der Waals surface area contributed by atoms with Crippen molar-refractivity contribution in [2.24, 2.45) is 5.73 Å². The molecule has 2 N–H and O–H groups in total. The first kappa shape index (κ1) is 8.73. The van der Waals surface area contributed by atoms with Gasteiger partial charge in [-0.25, -0.2) is 4.98 Å². The van der Waals surface area contributed by atoms with Crippen LogP contribution in [0, 0.1) is 3.57 Å². The number of carbonyl (C=O) groups is 1. The first-order chi connectivity index (χ1) is 5.11. The number of rotatable bonds is 1. The molecule has 1 rings (SSSR count). The number of halogens is 2. The molecule has 1 amide bonds. The quantitative estimate of drug-likeness (QED) is 0.626. The minimum Gasteiger partial charge on any atom is -0.366 e. The molecule has 0 saturated heterocycles. The van der Waals surface area contributed by atoms with Gasteiger partial charge >= 0.3 is 0 Å². The molecular weight excluding hydrogens is 278 g/mol. The van der Waals surface area contributed by atoms with Crippen LogP contribution >= 0.6 is 34.2 Å². The molecule has 0 saturated carbocycles. The lowest BCUT2D eigenvalue weighted by Crippen LogP contribution is -2.12. The molecule has 3 nitrogen and oxygen atoms in total. The van der Waals surface area contributed by atoms with Gasteiger partial charge in [0.15, 0.2) is 0 Å². The third kappa shape index (κ3) is 2.03. The zero-order valence-electron chi connectivity index (χ0n) is 5.34. The molecule has 58 valence electrons. The summed E-state index contributed by atoms with van der Waals surface area (Å²) in [6.07, 6.45) is 1.37. The Morgan fingerprint density at radius 2 is 2.36 bits per heavy atom.